The summed E-state index contributed by atoms with van der Waals surface area (Å²) < 4.78 is 29.0. The lowest BCUT2D eigenvalue weighted by Gasteiger charge is -2.16. The van der Waals surface area contributed by atoms with Gasteiger partial charge in [-0.05, 0) is 37.4 Å². The normalized spacial score (nSPS) is 19.0. The molecule has 0 spiro atoms. The van der Waals surface area contributed by atoms with Crippen LogP contribution >= 0.6 is 0 Å². The van der Waals surface area contributed by atoms with E-state index < -0.39 is 10.0 Å². The summed E-state index contributed by atoms with van der Waals surface area (Å²) >= 11 is 0. The first kappa shape index (κ1) is 17.1. The predicted molar refractivity (Wildman–Crippen MR) is 90.8 cm³/mol. The first-order valence-corrected chi connectivity index (χ1v) is 9.53. The Morgan fingerprint density at radius 1 is 1.42 bits per heavy atom. The first-order valence-electron chi connectivity index (χ1n) is 8.05. The molecule has 0 amide bonds. The molecule has 1 N–H and O–H groups in total. The van der Waals surface area contributed by atoms with E-state index in [1.54, 1.807) is 30.9 Å². The average Bonchev–Trinajstić information content (AvgIpc) is 3.14. The minimum atomic E-state index is -3.54. The number of imidazole rings is 1. The molecule has 1 aliphatic heterocycles. The summed E-state index contributed by atoms with van der Waals surface area (Å²) in [5.74, 6) is 1.00. The fraction of sp³-hybridized carbons (Fsp3) is 0.500. The van der Waals surface area contributed by atoms with Gasteiger partial charge < -0.3 is 4.57 Å². The van der Waals surface area contributed by atoms with Crippen LogP contribution in [0.4, 0.5) is 0 Å². The van der Waals surface area contributed by atoms with E-state index in [2.05, 4.69) is 25.7 Å². The Morgan fingerprint density at radius 3 is 2.92 bits per heavy atom. The van der Waals surface area contributed by atoms with Crippen molar-refractivity contribution in [2.75, 3.05) is 19.6 Å². The molecule has 0 aromatic carbocycles. The molecular formula is C16H23N5O2S. The Bertz CT molecular complexity index is 769. The van der Waals surface area contributed by atoms with Gasteiger partial charge in [0.25, 0.3) is 10.0 Å². The van der Waals surface area contributed by atoms with Gasteiger partial charge in [0.1, 0.15) is 5.82 Å². The summed E-state index contributed by atoms with van der Waals surface area (Å²) in [6.45, 7) is 4.95. The molecular weight excluding hydrogens is 326 g/mol. The number of nitrogens with one attached hydrogen (secondary N) is 1. The van der Waals surface area contributed by atoms with Crippen molar-refractivity contribution in [2.45, 2.75) is 24.9 Å². The van der Waals surface area contributed by atoms with Crippen LogP contribution in [0.15, 0.2) is 35.7 Å². The van der Waals surface area contributed by atoms with Crippen molar-refractivity contribution >= 4 is 10.0 Å². The average molecular weight is 349 g/mol. The van der Waals surface area contributed by atoms with Gasteiger partial charge in [-0.25, -0.2) is 18.1 Å². The molecule has 0 aliphatic carbocycles. The smallest absolute Gasteiger partial charge is 0.259 e. The number of pyridine rings is 1. The van der Waals surface area contributed by atoms with E-state index in [0.29, 0.717) is 18.3 Å². The molecule has 1 unspecified atom stereocenters. The zero-order chi connectivity index (χ0) is 17.2. The maximum atomic E-state index is 12.3. The van der Waals surface area contributed by atoms with Crippen LogP contribution in [0.5, 0.6) is 0 Å². The summed E-state index contributed by atoms with van der Waals surface area (Å²) in [6, 6.07) is 4.00. The third kappa shape index (κ3) is 4.00. The van der Waals surface area contributed by atoms with E-state index in [1.165, 1.54) is 5.56 Å². The molecule has 1 saturated heterocycles. The summed E-state index contributed by atoms with van der Waals surface area (Å²) in [5.41, 5.74) is 1.18. The lowest BCUT2D eigenvalue weighted by molar-refractivity contribution is 0.316. The number of rotatable bonds is 6. The molecule has 1 aliphatic rings. The third-order valence-corrected chi connectivity index (χ3v) is 5.72. The van der Waals surface area contributed by atoms with Gasteiger partial charge in [-0.3, -0.25) is 9.88 Å². The molecule has 130 valence electrons. The van der Waals surface area contributed by atoms with Crippen molar-refractivity contribution in [3.8, 4) is 0 Å². The second kappa shape index (κ2) is 7.00. The van der Waals surface area contributed by atoms with Crippen LogP contribution in [0.2, 0.25) is 0 Å². The highest BCUT2D eigenvalue weighted by Gasteiger charge is 2.25. The molecule has 1 atom stereocenters. The number of hydrogen-bond acceptors (Lipinski definition) is 5. The number of hydrogen-bond donors (Lipinski definition) is 1. The number of aryl methyl sites for hydroxylation is 2. The third-order valence-electron chi connectivity index (χ3n) is 4.42. The summed E-state index contributed by atoms with van der Waals surface area (Å²) in [7, 11) is -1.75. The van der Waals surface area contributed by atoms with E-state index >= 15 is 0 Å². The summed E-state index contributed by atoms with van der Waals surface area (Å²) in [4.78, 5) is 10.6. The van der Waals surface area contributed by atoms with E-state index in [4.69, 9.17) is 0 Å². The highest BCUT2D eigenvalue weighted by molar-refractivity contribution is 7.89. The second-order valence-corrected chi connectivity index (χ2v) is 8.05. The van der Waals surface area contributed by atoms with Crippen molar-refractivity contribution < 1.29 is 8.42 Å². The highest BCUT2D eigenvalue weighted by atomic mass is 32.2. The predicted octanol–water partition coefficient (Wildman–Crippen LogP) is 0.924. The molecule has 7 nitrogen and oxygen atoms in total. The number of likely N-dealkylation sites (tertiary alicyclic amines) is 1. The van der Waals surface area contributed by atoms with Crippen molar-refractivity contribution in [1.82, 2.24) is 24.2 Å². The maximum absolute atomic E-state index is 12.3. The van der Waals surface area contributed by atoms with E-state index in [1.807, 2.05) is 12.3 Å². The molecule has 2 aromatic heterocycles. The van der Waals surface area contributed by atoms with Gasteiger partial charge >= 0.3 is 0 Å². The van der Waals surface area contributed by atoms with Crippen molar-refractivity contribution in [1.29, 1.82) is 0 Å². The highest BCUT2D eigenvalue weighted by Crippen LogP contribution is 2.18. The fourth-order valence-electron chi connectivity index (χ4n) is 2.93. The van der Waals surface area contributed by atoms with Crippen LogP contribution in [0, 0.1) is 12.8 Å². The molecule has 0 bridgehead atoms. The van der Waals surface area contributed by atoms with Gasteiger partial charge in [-0.1, -0.05) is 6.07 Å². The molecule has 2 aromatic rings. The van der Waals surface area contributed by atoms with Crippen LogP contribution in [-0.4, -0.2) is 47.5 Å². The van der Waals surface area contributed by atoms with Crippen LogP contribution in [0.25, 0.3) is 0 Å². The van der Waals surface area contributed by atoms with E-state index in [0.717, 1.165) is 26.1 Å². The van der Waals surface area contributed by atoms with E-state index in [9.17, 15) is 8.42 Å². The molecule has 0 radical (unpaired) electrons. The van der Waals surface area contributed by atoms with Gasteiger partial charge in [0.2, 0.25) is 0 Å². The minimum Gasteiger partial charge on any atom is -0.337 e. The van der Waals surface area contributed by atoms with Gasteiger partial charge in [0.15, 0.2) is 5.03 Å². The largest absolute Gasteiger partial charge is 0.337 e. The second-order valence-electron chi connectivity index (χ2n) is 6.34. The molecule has 3 rings (SSSR count). The molecule has 3 heterocycles. The van der Waals surface area contributed by atoms with Gasteiger partial charge in [0.05, 0.1) is 0 Å². The first-order chi connectivity index (χ1) is 11.4. The van der Waals surface area contributed by atoms with Gasteiger partial charge in [-0.2, -0.15) is 0 Å². The lowest BCUT2D eigenvalue weighted by Crippen LogP contribution is -2.31. The Hall–Kier alpha value is -1.77. The Kier molecular flexibility index (Phi) is 4.98. The van der Waals surface area contributed by atoms with Crippen molar-refractivity contribution in [3.05, 3.63) is 42.1 Å². The topological polar surface area (TPSA) is 80.1 Å². The molecule has 24 heavy (non-hydrogen) atoms. The number of nitrogens with zero attached hydrogens (tertiary/aromatic N) is 4. The standard InChI is InChI=1S/C16H23N5O2S/c1-13-19-16(12-20(13)2)24(22,23)18-9-15-5-7-21(11-15)10-14-4-3-6-17-8-14/h3-4,6,8,12,15,18H,5,7,9-11H2,1-2H3. The molecule has 0 saturated carbocycles. The fourth-order valence-corrected chi connectivity index (χ4v) is 4.08. The van der Waals surface area contributed by atoms with Crippen LogP contribution in [-0.2, 0) is 23.6 Å². The summed E-state index contributed by atoms with van der Waals surface area (Å²) in [5, 5.41) is 0.0905. The quantitative estimate of drug-likeness (QED) is 0.839. The van der Waals surface area contributed by atoms with Gasteiger partial charge in [-0.15, -0.1) is 0 Å². The lowest BCUT2D eigenvalue weighted by atomic mass is 10.1. The van der Waals surface area contributed by atoms with Gasteiger partial charge in [0, 0.05) is 45.3 Å². The van der Waals surface area contributed by atoms with Crippen molar-refractivity contribution in [2.24, 2.45) is 13.0 Å². The monoisotopic (exact) mass is 349 g/mol. The van der Waals surface area contributed by atoms with E-state index in [-0.39, 0.29) is 5.03 Å². The zero-order valence-electron chi connectivity index (χ0n) is 14.0. The number of sulfonamides is 1. The number of aromatic nitrogens is 3. The molecule has 8 heteroatoms. The SMILES string of the molecule is Cc1nc(S(=O)(=O)NCC2CCN(Cc3cccnc3)C2)cn1C. The Morgan fingerprint density at radius 2 is 2.25 bits per heavy atom. The Balaban J connectivity index is 1.52. The van der Waals surface area contributed by atoms with Crippen molar-refractivity contribution in [3.63, 3.8) is 0 Å². The molecule has 1 fully saturated rings. The zero-order valence-corrected chi connectivity index (χ0v) is 14.8. The minimum absolute atomic E-state index is 0.0905. The Labute approximate surface area is 142 Å². The van der Waals surface area contributed by atoms with Crippen LogP contribution in [0.3, 0.4) is 0 Å². The maximum Gasteiger partial charge on any atom is 0.259 e. The van der Waals surface area contributed by atoms with Crippen LogP contribution < -0.4 is 4.72 Å². The van der Waals surface area contributed by atoms with Crippen LogP contribution in [0.1, 0.15) is 17.8 Å². The summed E-state index contributed by atoms with van der Waals surface area (Å²) in [6.07, 6.45) is 6.18.